The zero-order chi connectivity index (χ0) is 11.7. The van der Waals surface area contributed by atoms with E-state index in [4.69, 9.17) is 0 Å². The fourth-order valence-corrected chi connectivity index (χ4v) is 3.04. The summed E-state index contributed by atoms with van der Waals surface area (Å²) in [6.45, 7) is 4.30. The number of hydrogen-bond acceptors (Lipinski definition) is 4. The van der Waals surface area contributed by atoms with Crippen molar-refractivity contribution in [2.75, 3.05) is 23.3 Å². The van der Waals surface area contributed by atoms with Gasteiger partial charge in [0.2, 0.25) is 0 Å². The van der Waals surface area contributed by atoms with Gasteiger partial charge in [-0.1, -0.05) is 6.92 Å². The van der Waals surface area contributed by atoms with Crippen LogP contribution in [0.25, 0.3) is 0 Å². The molecule has 92 valence electrons. The minimum atomic E-state index is 0.718. The molecule has 0 radical (unpaired) electrons. The van der Waals surface area contributed by atoms with E-state index < -0.39 is 0 Å². The lowest BCUT2D eigenvalue weighted by Gasteiger charge is -2.27. The molecule has 2 heterocycles. The lowest BCUT2D eigenvalue weighted by atomic mass is 10.1. The molecule has 2 unspecified atom stereocenters. The number of rotatable bonds is 4. The summed E-state index contributed by atoms with van der Waals surface area (Å²) in [4.78, 5) is 11.4. The van der Waals surface area contributed by atoms with Gasteiger partial charge in [-0.05, 0) is 31.6 Å². The molecule has 0 aromatic carbocycles. The summed E-state index contributed by atoms with van der Waals surface area (Å²) in [7, 11) is 0. The molecule has 1 aromatic heterocycles. The Morgan fingerprint density at radius 2 is 2.35 bits per heavy atom. The van der Waals surface area contributed by atoms with Gasteiger partial charge in [0.05, 0.1) is 12.4 Å². The minimum Gasteiger partial charge on any atom is -0.369 e. The topological polar surface area (TPSA) is 41.1 Å². The van der Waals surface area contributed by atoms with E-state index in [1.54, 1.807) is 0 Å². The van der Waals surface area contributed by atoms with Crippen molar-refractivity contribution in [3.63, 3.8) is 0 Å². The van der Waals surface area contributed by atoms with Crippen molar-refractivity contribution < 1.29 is 0 Å². The van der Waals surface area contributed by atoms with Crippen molar-refractivity contribution in [3.8, 4) is 0 Å². The van der Waals surface area contributed by atoms with E-state index in [0.717, 1.165) is 36.6 Å². The van der Waals surface area contributed by atoms with Gasteiger partial charge in [-0.15, -0.1) is 0 Å². The predicted molar refractivity (Wildman–Crippen MR) is 69.3 cm³/mol. The Labute approximate surface area is 102 Å². The normalized spacial score (nSPS) is 26.5. The highest BCUT2D eigenvalue weighted by atomic mass is 15.3. The summed E-state index contributed by atoms with van der Waals surface area (Å²) in [6, 6.07) is 0.718. The highest BCUT2D eigenvalue weighted by Crippen LogP contribution is 2.39. The zero-order valence-corrected chi connectivity index (χ0v) is 10.4. The smallest absolute Gasteiger partial charge is 0.149 e. The van der Waals surface area contributed by atoms with Gasteiger partial charge in [0.15, 0.2) is 0 Å². The van der Waals surface area contributed by atoms with E-state index in [1.165, 1.54) is 25.8 Å². The number of nitrogens with zero attached hydrogens (tertiary/aromatic N) is 3. The predicted octanol–water partition coefficient (Wildman–Crippen LogP) is 2.29. The molecule has 2 fully saturated rings. The van der Waals surface area contributed by atoms with Crippen molar-refractivity contribution in [2.24, 2.45) is 5.92 Å². The molecule has 1 saturated heterocycles. The Morgan fingerprint density at radius 3 is 3.06 bits per heavy atom. The molecule has 2 aliphatic rings. The molecule has 0 amide bonds. The number of piperidine rings is 1. The van der Waals surface area contributed by atoms with E-state index in [0.29, 0.717) is 0 Å². The van der Waals surface area contributed by atoms with Crippen molar-refractivity contribution in [2.45, 2.75) is 38.6 Å². The molecule has 4 nitrogen and oxygen atoms in total. The molecule has 0 spiro atoms. The van der Waals surface area contributed by atoms with Crippen molar-refractivity contribution in [1.82, 2.24) is 9.97 Å². The number of anilines is 2. The fraction of sp³-hybridized carbons (Fsp3) is 0.692. The molecule has 1 aromatic rings. The average Bonchev–Trinajstić information content (AvgIpc) is 2.99. The lowest BCUT2D eigenvalue weighted by Crippen LogP contribution is -2.32. The third-order valence-electron chi connectivity index (χ3n) is 3.88. The largest absolute Gasteiger partial charge is 0.369 e. The third kappa shape index (κ3) is 2.08. The Hall–Kier alpha value is -1.32. The molecule has 1 aliphatic heterocycles. The summed E-state index contributed by atoms with van der Waals surface area (Å²) >= 11 is 0. The van der Waals surface area contributed by atoms with Gasteiger partial charge in [-0.25, -0.2) is 4.98 Å². The van der Waals surface area contributed by atoms with Crippen LogP contribution in [0, 0.1) is 5.92 Å². The van der Waals surface area contributed by atoms with Crippen molar-refractivity contribution in [3.05, 3.63) is 12.4 Å². The van der Waals surface area contributed by atoms with Crippen molar-refractivity contribution >= 4 is 11.6 Å². The molecule has 1 saturated carbocycles. The van der Waals surface area contributed by atoms with E-state index in [1.807, 2.05) is 12.4 Å². The van der Waals surface area contributed by atoms with E-state index in [-0.39, 0.29) is 0 Å². The minimum absolute atomic E-state index is 0.718. The maximum atomic E-state index is 4.66. The molecular weight excluding hydrogens is 212 g/mol. The first-order valence-electron chi connectivity index (χ1n) is 6.69. The summed E-state index contributed by atoms with van der Waals surface area (Å²) < 4.78 is 0. The van der Waals surface area contributed by atoms with Crippen molar-refractivity contribution in [1.29, 1.82) is 0 Å². The molecule has 1 N–H and O–H groups in total. The number of nitrogens with one attached hydrogen (secondary N) is 1. The highest BCUT2D eigenvalue weighted by Gasteiger charge is 2.38. The Balaban J connectivity index is 1.74. The first-order chi connectivity index (χ1) is 8.36. The quantitative estimate of drug-likeness (QED) is 0.864. The van der Waals surface area contributed by atoms with Gasteiger partial charge in [0.1, 0.15) is 11.6 Å². The molecule has 2 bridgehead atoms. The van der Waals surface area contributed by atoms with E-state index in [2.05, 4.69) is 27.1 Å². The first kappa shape index (κ1) is 10.8. The number of hydrogen-bond donors (Lipinski definition) is 1. The van der Waals surface area contributed by atoms with Gasteiger partial charge in [-0.3, -0.25) is 4.98 Å². The highest BCUT2D eigenvalue weighted by molar-refractivity contribution is 5.46. The zero-order valence-electron chi connectivity index (χ0n) is 10.4. The summed E-state index contributed by atoms with van der Waals surface area (Å²) in [5.41, 5.74) is 0. The molecule has 2 atom stereocenters. The molecular formula is C13H20N4. The van der Waals surface area contributed by atoms with Gasteiger partial charge >= 0.3 is 0 Å². The van der Waals surface area contributed by atoms with Crippen LogP contribution in [0.1, 0.15) is 32.6 Å². The molecule has 4 heteroatoms. The molecule has 17 heavy (non-hydrogen) atoms. The summed E-state index contributed by atoms with van der Waals surface area (Å²) in [6.07, 6.45) is 8.92. The van der Waals surface area contributed by atoms with E-state index in [9.17, 15) is 0 Å². The molecule has 3 rings (SSSR count). The fourth-order valence-electron chi connectivity index (χ4n) is 3.04. The first-order valence-corrected chi connectivity index (χ1v) is 6.69. The van der Waals surface area contributed by atoms with Crippen LogP contribution in [0.5, 0.6) is 0 Å². The Morgan fingerprint density at radius 1 is 1.41 bits per heavy atom. The van der Waals surface area contributed by atoms with E-state index >= 15 is 0 Å². The van der Waals surface area contributed by atoms with Crippen LogP contribution in [0.4, 0.5) is 11.6 Å². The second-order valence-electron chi connectivity index (χ2n) is 5.17. The second-order valence-corrected chi connectivity index (χ2v) is 5.17. The van der Waals surface area contributed by atoms with Crippen LogP contribution in [0.15, 0.2) is 12.4 Å². The lowest BCUT2D eigenvalue weighted by molar-refractivity contribution is 0.550. The van der Waals surface area contributed by atoms with Gasteiger partial charge in [0, 0.05) is 19.1 Å². The standard InChI is InChI=1S/C13H20N4/c1-2-5-15-12-7-14-8-13(16-12)17-9-10-3-4-11(17)6-10/h7-8,10-11H,2-6,9H2,1H3,(H,15,16). The van der Waals surface area contributed by atoms with Crippen LogP contribution < -0.4 is 10.2 Å². The third-order valence-corrected chi connectivity index (χ3v) is 3.88. The van der Waals surface area contributed by atoms with Crippen LogP contribution in [0.2, 0.25) is 0 Å². The maximum Gasteiger partial charge on any atom is 0.149 e. The van der Waals surface area contributed by atoms with Gasteiger partial charge in [-0.2, -0.15) is 0 Å². The Kier molecular flexibility index (Phi) is 2.87. The van der Waals surface area contributed by atoms with Gasteiger partial charge < -0.3 is 10.2 Å². The molecule has 1 aliphatic carbocycles. The average molecular weight is 232 g/mol. The van der Waals surface area contributed by atoms with Crippen LogP contribution >= 0.6 is 0 Å². The van der Waals surface area contributed by atoms with Crippen LogP contribution in [-0.4, -0.2) is 29.1 Å². The summed E-state index contributed by atoms with van der Waals surface area (Å²) in [5.74, 6) is 2.86. The SMILES string of the molecule is CCCNc1cncc(N2CC3CCC2C3)n1. The maximum absolute atomic E-state index is 4.66. The van der Waals surface area contributed by atoms with Crippen LogP contribution in [0.3, 0.4) is 0 Å². The summed E-state index contributed by atoms with van der Waals surface area (Å²) in [5, 5.41) is 3.30. The van der Waals surface area contributed by atoms with Crippen LogP contribution in [-0.2, 0) is 0 Å². The number of aromatic nitrogens is 2. The van der Waals surface area contributed by atoms with Gasteiger partial charge in [0.25, 0.3) is 0 Å². The number of fused-ring (bicyclic) bond motifs is 2. The second kappa shape index (κ2) is 4.51. The monoisotopic (exact) mass is 232 g/mol. The Bertz CT molecular complexity index is 393.